The molecule has 0 aliphatic carbocycles. The molecule has 2 N–H and O–H groups in total. The molecule has 0 aromatic heterocycles. The quantitative estimate of drug-likeness (QED) is 0.872. The second-order valence-corrected chi connectivity index (χ2v) is 4.48. The molecule has 2 rings (SSSR count). The van der Waals surface area contributed by atoms with Gasteiger partial charge >= 0.3 is 5.97 Å². The fourth-order valence-electron chi connectivity index (χ4n) is 1.62. The average molecular weight is 276 g/mol. The summed E-state index contributed by atoms with van der Waals surface area (Å²) in [4.78, 5) is 11.8. The van der Waals surface area contributed by atoms with Gasteiger partial charge in [-0.2, -0.15) is 0 Å². The average Bonchev–Trinajstić information content (AvgIpc) is 2.46. The number of hydrogen-bond acceptors (Lipinski definition) is 3. The van der Waals surface area contributed by atoms with Gasteiger partial charge in [0.05, 0.1) is 5.56 Å². The lowest BCUT2D eigenvalue weighted by molar-refractivity contribution is 0.0473. The van der Waals surface area contributed by atoms with Crippen LogP contribution in [-0.2, 0) is 17.9 Å². The Kier molecular flexibility index (Phi) is 4.55. The first-order chi connectivity index (χ1) is 9.20. The second-order valence-electron chi connectivity index (χ2n) is 4.07. The third kappa shape index (κ3) is 3.56. The number of halogens is 1. The van der Waals surface area contributed by atoms with Crippen LogP contribution in [0.1, 0.15) is 21.5 Å². The van der Waals surface area contributed by atoms with Crippen LogP contribution in [0.5, 0.6) is 0 Å². The van der Waals surface area contributed by atoms with Gasteiger partial charge in [0.1, 0.15) is 6.61 Å². The molecule has 4 heteroatoms. The molecule has 0 saturated heterocycles. The van der Waals surface area contributed by atoms with Crippen molar-refractivity contribution in [3.8, 4) is 0 Å². The molecular weight excluding hydrogens is 262 g/mol. The number of rotatable bonds is 4. The van der Waals surface area contributed by atoms with Crippen molar-refractivity contribution in [2.24, 2.45) is 5.73 Å². The van der Waals surface area contributed by atoms with Crippen molar-refractivity contribution >= 4 is 17.6 Å². The Hall–Kier alpha value is -1.84. The highest BCUT2D eigenvalue weighted by molar-refractivity contribution is 6.31. The third-order valence-corrected chi connectivity index (χ3v) is 3.11. The zero-order valence-corrected chi connectivity index (χ0v) is 11.1. The van der Waals surface area contributed by atoms with Crippen LogP contribution in [0.3, 0.4) is 0 Å². The summed E-state index contributed by atoms with van der Waals surface area (Å²) in [5.41, 5.74) is 7.76. The van der Waals surface area contributed by atoms with E-state index in [2.05, 4.69) is 0 Å². The summed E-state index contributed by atoms with van der Waals surface area (Å²) in [6, 6.07) is 14.3. The molecule has 0 unspecified atom stereocenters. The summed E-state index contributed by atoms with van der Waals surface area (Å²) in [5.74, 6) is -0.372. The number of carbonyl (C=O) groups is 1. The largest absolute Gasteiger partial charge is 0.457 e. The first-order valence-corrected chi connectivity index (χ1v) is 6.28. The lowest BCUT2D eigenvalue weighted by atomic mass is 10.1. The van der Waals surface area contributed by atoms with Crippen molar-refractivity contribution in [2.75, 3.05) is 0 Å². The van der Waals surface area contributed by atoms with E-state index in [0.717, 1.165) is 11.1 Å². The monoisotopic (exact) mass is 275 g/mol. The van der Waals surface area contributed by atoms with Crippen molar-refractivity contribution < 1.29 is 9.53 Å². The standard InChI is InChI=1S/C15H14ClNO2/c16-14-4-2-1-3-13(14)10-19-15(18)12-7-5-11(9-17)6-8-12/h1-8H,9-10,17H2. The molecule has 0 bridgehead atoms. The molecular formula is C15H14ClNO2. The smallest absolute Gasteiger partial charge is 0.338 e. The van der Waals surface area contributed by atoms with Crippen LogP contribution in [0.15, 0.2) is 48.5 Å². The Balaban J connectivity index is 1.99. The minimum absolute atomic E-state index is 0.164. The normalized spacial score (nSPS) is 10.2. The molecule has 2 aromatic carbocycles. The van der Waals surface area contributed by atoms with Gasteiger partial charge in [-0.05, 0) is 23.8 Å². The summed E-state index contributed by atoms with van der Waals surface area (Å²) in [7, 11) is 0. The van der Waals surface area contributed by atoms with Crippen LogP contribution in [0.2, 0.25) is 5.02 Å². The predicted octanol–water partition coefficient (Wildman–Crippen LogP) is 3.16. The summed E-state index contributed by atoms with van der Waals surface area (Å²) < 4.78 is 5.21. The maximum atomic E-state index is 11.8. The van der Waals surface area contributed by atoms with Gasteiger partial charge in [0.2, 0.25) is 0 Å². The van der Waals surface area contributed by atoms with E-state index in [1.807, 2.05) is 30.3 Å². The number of benzene rings is 2. The van der Waals surface area contributed by atoms with Crippen LogP contribution < -0.4 is 5.73 Å². The molecule has 0 atom stereocenters. The van der Waals surface area contributed by atoms with Crippen molar-refractivity contribution in [3.05, 3.63) is 70.2 Å². The fourth-order valence-corrected chi connectivity index (χ4v) is 1.81. The number of nitrogens with two attached hydrogens (primary N) is 1. The minimum Gasteiger partial charge on any atom is -0.457 e. The molecule has 0 heterocycles. The second kappa shape index (κ2) is 6.36. The van der Waals surface area contributed by atoms with Crippen LogP contribution in [0, 0.1) is 0 Å². The molecule has 0 aliphatic heterocycles. The predicted molar refractivity (Wildman–Crippen MR) is 74.9 cm³/mol. The van der Waals surface area contributed by atoms with E-state index in [-0.39, 0.29) is 12.6 Å². The number of esters is 1. The fraction of sp³-hybridized carbons (Fsp3) is 0.133. The Bertz CT molecular complexity index is 567. The molecule has 0 amide bonds. The van der Waals surface area contributed by atoms with Gasteiger partial charge in [-0.3, -0.25) is 0 Å². The van der Waals surface area contributed by atoms with Gasteiger partial charge in [-0.25, -0.2) is 4.79 Å². The summed E-state index contributed by atoms with van der Waals surface area (Å²) >= 11 is 5.99. The Labute approximate surface area is 117 Å². The molecule has 0 radical (unpaired) electrons. The van der Waals surface area contributed by atoms with E-state index in [4.69, 9.17) is 22.1 Å². The Morgan fingerprint density at radius 3 is 2.42 bits per heavy atom. The van der Waals surface area contributed by atoms with Crippen LogP contribution in [-0.4, -0.2) is 5.97 Å². The third-order valence-electron chi connectivity index (χ3n) is 2.74. The van der Waals surface area contributed by atoms with Crippen LogP contribution in [0.25, 0.3) is 0 Å². The number of ether oxygens (including phenoxy) is 1. The van der Waals surface area contributed by atoms with E-state index in [0.29, 0.717) is 17.1 Å². The van der Waals surface area contributed by atoms with Gasteiger partial charge in [0, 0.05) is 17.1 Å². The topological polar surface area (TPSA) is 52.3 Å². The van der Waals surface area contributed by atoms with Crippen molar-refractivity contribution in [2.45, 2.75) is 13.2 Å². The van der Waals surface area contributed by atoms with E-state index < -0.39 is 0 Å². The minimum atomic E-state index is -0.372. The molecule has 2 aromatic rings. The van der Waals surface area contributed by atoms with Crippen molar-refractivity contribution in [1.82, 2.24) is 0 Å². The summed E-state index contributed by atoms with van der Waals surface area (Å²) in [6.45, 7) is 0.617. The molecule has 0 fully saturated rings. The number of hydrogen-bond donors (Lipinski definition) is 1. The van der Waals surface area contributed by atoms with Crippen molar-refractivity contribution in [1.29, 1.82) is 0 Å². The van der Waals surface area contributed by atoms with Gasteiger partial charge in [0.15, 0.2) is 0 Å². The van der Waals surface area contributed by atoms with E-state index in [1.165, 1.54) is 0 Å². The number of carbonyl (C=O) groups excluding carboxylic acids is 1. The van der Waals surface area contributed by atoms with Gasteiger partial charge < -0.3 is 10.5 Å². The Morgan fingerprint density at radius 1 is 1.11 bits per heavy atom. The molecule has 3 nitrogen and oxygen atoms in total. The highest BCUT2D eigenvalue weighted by Gasteiger charge is 2.08. The van der Waals surface area contributed by atoms with E-state index in [9.17, 15) is 4.79 Å². The Morgan fingerprint density at radius 2 is 1.79 bits per heavy atom. The molecule has 0 aliphatic rings. The maximum absolute atomic E-state index is 11.8. The molecule has 0 spiro atoms. The molecule has 0 saturated carbocycles. The van der Waals surface area contributed by atoms with Crippen LogP contribution in [0.4, 0.5) is 0 Å². The summed E-state index contributed by atoms with van der Waals surface area (Å²) in [5, 5.41) is 0.591. The van der Waals surface area contributed by atoms with Crippen molar-refractivity contribution in [3.63, 3.8) is 0 Å². The highest BCUT2D eigenvalue weighted by atomic mass is 35.5. The maximum Gasteiger partial charge on any atom is 0.338 e. The van der Waals surface area contributed by atoms with E-state index in [1.54, 1.807) is 18.2 Å². The zero-order chi connectivity index (χ0) is 13.7. The first kappa shape index (κ1) is 13.6. The lowest BCUT2D eigenvalue weighted by Gasteiger charge is -2.06. The SMILES string of the molecule is NCc1ccc(C(=O)OCc2ccccc2Cl)cc1. The first-order valence-electron chi connectivity index (χ1n) is 5.90. The van der Waals surface area contributed by atoms with Gasteiger partial charge in [0.25, 0.3) is 0 Å². The molecule has 98 valence electrons. The highest BCUT2D eigenvalue weighted by Crippen LogP contribution is 2.16. The lowest BCUT2D eigenvalue weighted by Crippen LogP contribution is -2.06. The van der Waals surface area contributed by atoms with E-state index >= 15 is 0 Å². The van der Waals surface area contributed by atoms with Gasteiger partial charge in [-0.15, -0.1) is 0 Å². The van der Waals surface area contributed by atoms with Crippen LogP contribution >= 0.6 is 11.6 Å². The zero-order valence-electron chi connectivity index (χ0n) is 10.3. The summed E-state index contributed by atoms with van der Waals surface area (Å²) in [6.07, 6.45) is 0. The van der Waals surface area contributed by atoms with Gasteiger partial charge in [-0.1, -0.05) is 41.9 Å². The molecule has 19 heavy (non-hydrogen) atoms.